The van der Waals surface area contributed by atoms with Crippen LogP contribution in [0.2, 0.25) is 0 Å². The third-order valence-electron chi connectivity index (χ3n) is 1.82. The van der Waals surface area contributed by atoms with E-state index in [0.29, 0.717) is 0 Å². The predicted octanol–water partition coefficient (Wildman–Crippen LogP) is 0.318. The highest BCUT2D eigenvalue weighted by molar-refractivity contribution is 6.01. The van der Waals surface area contributed by atoms with Crippen molar-refractivity contribution in [3.8, 4) is 0 Å². The largest absolute Gasteiger partial charge is 0.469 e. The van der Waals surface area contributed by atoms with Crippen molar-refractivity contribution in [3.63, 3.8) is 0 Å². The molecule has 0 aliphatic heterocycles. The van der Waals surface area contributed by atoms with E-state index in [9.17, 15) is 14.4 Å². The number of Topliss-reactive ketones (excluding diaryl/α,β-unsaturated/α-hetero) is 1. The summed E-state index contributed by atoms with van der Waals surface area (Å²) < 4.78 is 8.78. The molecule has 0 aliphatic rings. The van der Waals surface area contributed by atoms with E-state index in [1.807, 2.05) is 0 Å². The molecule has 0 spiro atoms. The van der Waals surface area contributed by atoms with Crippen molar-refractivity contribution in [2.45, 2.75) is 19.8 Å². The molecule has 0 amide bonds. The summed E-state index contributed by atoms with van der Waals surface area (Å²) in [7, 11) is 2.38. The highest BCUT2D eigenvalue weighted by Gasteiger charge is 2.28. The van der Waals surface area contributed by atoms with Gasteiger partial charge in [0.15, 0.2) is 0 Å². The van der Waals surface area contributed by atoms with Crippen LogP contribution in [-0.4, -0.2) is 31.9 Å². The first-order valence-corrected chi connectivity index (χ1v) is 4.24. The predicted molar refractivity (Wildman–Crippen MR) is 47.4 cm³/mol. The molecule has 0 saturated heterocycles. The van der Waals surface area contributed by atoms with E-state index in [4.69, 9.17) is 0 Å². The number of rotatable bonds is 5. The van der Waals surface area contributed by atoms with E-state index < -0.39 is 17.9 Å². The fourth-order valence-electron chi connectivity index (χ4n) is 0.967. The Morgan fingerprint density at radius 1 is 1.14 bits per heavy atom. The summed E-state index contributed by atoms with van der Waals surface area (Å²) in [6.07, 6.45) is -0.0629. The molecular weight excluding hydrogens is 188 g/mol. The first kappa shape index (κ1) is 12.6. The Morgan fingerprint density at radius 2 is 1.71 bits per heavy atom. The van der Waals surface area contributed by atoms with Gasteiger partial charge < -0.3 is 9.47 Å². The van der Waals surface area contributed by atoms with Crippen LogP contribution in [0.5, 0.6) is 0 Å². The van der Waals surface area contributed by atoms with E-state index >= 15 is 0 Å². The Labute approximate surface area is 82.4 Å². The first-order chi connectivity index (χ1) is 6.56. The molecular formula is C9H14O5. The van der Waals surface area contributed by atoms with E-state index in [0.717, 1.165) is 0 Å². The van der Waals surface area contributed by atoms with Crippen LogP contribution in [-0.2, 0) is 23.9 Å². The van der Waals surface area contributed by atoms with Crippen LogP contribution >= 0.6 is 0 Å². The van der Waals surface area contributed by atoms with Gasteiger partial charge in [0.1, 0.15) is 11.7 Å². The quantitative estimate of drug-likeness (QED) is 0.474. The lowest BCUT2D eigenvalue weighted by atomic mass is 9.99. The van der Waals surface area contributed by atoms with Crippen LogP contribution in [0.4, 0.5) is 0 Å². The van der Waals surface area contributed by atoms with Crippen molar-refractivity contribution in [2.24, 2.45) is 5.92 Å². The number of hydrogen-bond acceptors (Lipinski definition) is 5. The Hall–Kier alpha value is -1.39. The molecule has 5 heteroatoms. The zero-order chi connectivity index (χ0) is 11.1. The van der Waals surface area contributed by atoms with E-state index in [1.54, 1.807) is 6.92 Å². The Bertz CT molecular complexity index is 217. The smallest absolute Gasteiger partial charge is 0.316 e. The highest BCUT2D eigenvalue weighted by Crippen LogP contribution is 2.10. The maximum atomic E-state index is 11.3. The van der Waals surface area contributed by atoms with Crippen molar-refractivity contribution in [2.75, 3.05) is 14.2 Å². The van der Waals surface area contributed by atoms with Gasteiger partial charge in [-0.15, -0.1) is 0 Å². The fourth-order valence-corrected chi connectivity index (χ4v) is 0.967. The molecule has 0 rings (SSSR count). The van der Waals surface area contributed by atoms with Crippen LogP contribution in [0.1, 0.15) is 19.8 Å². The number of ketones is 1. The van der Waals surface area contributed by atoms with E-state index in [-0.39, 0.29) is 18.6 Å². The van der Waals surface area contributed by atoms with Gasteiger partial charge in [-0.25, -0.2) is 0 Å². The molecule has 0 aromatic rings. The van der Waals surface area contributed by atoms with Gasteiger partial charge in [-0.1, -0.05) is 6.92 Å². The summed E-state index contributed by atoms with van der Waals surface area (Å²) >= 11 is 0. The van der Waals surface area contributed by atoms with Gasteiger partial charge in [0, 0.05) is 6.42 Å². The molecule has 0 fully saturated rings. The van der Waals surface area contributed by atoms with Crippen molar-refractivity contribution in [3.05, 3.63) is 0 Å². The second-order valence-electron chi connectivity index (χ2n) is 2.68. The van der Waals surface area contributed by atoms with Gasteiger partial charge in [-0.2, -0.15) is 0 Å². The number of hydrogen-bond donors (Lipinski definition) is 0. The van der Waals surface area contributed by atoms with Crippen LogP contribution in [0.3, 0.4) is 0 Å². The highest BCUT2D eigenvalue weighted by atomic mass is 16.5. The van der Waals surface area contributed by atoms with Gasteiger partial charge >= 0.3 is 11.9 Å². The molecule has 0 heterocycles. The standard InChI is InChI=1S/C9H14O5/c1-4-7(10)6(9(12)14-3)5-8(11)13-2/h6H,4-5H2,1-3H3. The molecule has 1 unspecified atom stereocenters. The molecule has 1 atom stereocenters. The van der Waals surface area contributed by atoms with E-state index in [2.05, 4.69) is 9.47 Å². The molecule has 5 nitrogen and oxygen atoms in total. The minimum Gasteiger partial charge on any atom is -0.469 e. The fraction of sp³-hybridized carbons (Fsp3) is 0.667. The van der Waals surface area contributed by atoms with Crippen LogP contribution < -0.4 is 0 Å². The summed E-state index contributed by atoms with van der Waals surface area (Å²) in [4.78, 5) is 33.2. The lowest BCUT2D eigenvalue weighted by Crippen LogP contribution is -2.27. The summed E-state index contributed by atoms with van der Waals surface area (Å²) in [5.74, 6) is -2.64. The minimum absolute atomic E-state index is 0.191. The Morgan fingerprint density at radius 3 is 2.07 bits per heavy atom. The lowest BCUT2D eigenvalue weighted by molar-refractivity contribution is -0.155. The average Bonchev–Trinajstić information content (AvgIpc) is 2.23. The van der Waals surface area contributed by atoms with Crippen molar-refractivity contribution >= 4 is 17.7 Å². The molecule has 0 radical (unpaired) electrons. The van der Waals surface area contributed by atoms with Gasteiger partial charge in [0.2, 0.25) is 0 Å². The van der Waals surface area contributed by atoms with Crippen molar-refractivity contribution < 1.29 is 23.9 Å². The maximum Gasteiger partial charge on any atom is 0.316 e. The van der Waals surface area contributed by atoms with Gasteiger partial charge in [0.05, 0.1) is 20.6 Å². The van der Waals surface area contributed by atoms with Gasteiger partial charge in [-0.05, 0) is 0 Å². The van der Waals surface area contributed by atoms with Gasteiger partial charge in [-0.3, -0.25) is 14.4 Å². The summed E-state index contributed by atoms with van der Waals surface area (Å²) in [5.41, 5.74) is 0. The van der Waals surface area contributed by atoms with E-state index in [1.165, 1.54) is 14.2 Å². The molecule has 0 aliphatic carbocycles. The molecule has 14 heavy (non-hydrogen) atoms. The third-order valence-corrected chi connectivity index (χ3v) is 1.82. The molecule has 0 bridgehead atoms. The number of carbonyl (C=O) groups is 3. The topological polar surface area (TPSA) is 69.7 Å². The summed E-state index contributed by atoms with van der Waals surface area (Å²) in [5, 5.41) is 0. The monoisotopic (exact) mass is 202 g/mol. The number of esters is 2. The third kappa shape index (κ3) is 3.55. The second-order valence-corrected chi connectivity index (χ2v) is 2.68. The van der Waals surface area contributed by atoms with Crippen molar-refractivity contribution in [1.29, 1.82) is 0 Å². The molecule has 0 aromatic carbocycles. The van der Waals surface area contributed by atoms with Crippen LogP contribution in [0.25, 0.3) is 0 Å². The summed E-state index contributed by atoms with van der Waals surface area (Å²) in [6, 6.07) is 0. The Kier molecular flexibility index (Phi) is 5.52. The molecule has 80 valence electrons. The number of methoxy groups -OCH3 is 2. The van der Waals surface area contributed by atoms with Gasteiger partial charge in [0.25, 0.3) is 0 Å². The number of carbonyl (C=O) groups excluding carboxylic acids is 3. The molecule has 0 N–H and O–H groups in total. The minimum atomic E-state index is -1.03. The summed E-state index contributed by atoms with van der Waals surface area (Å²) in [6.45, 7) is 1.62. The average molecular weight is 202 g/mol. The number of ether oxygens (including phenoxy) is 2. The SMILES string of the molecule is CCC(=O)C(CC(=O)OC)C(=O)OC. The zero-order valence-corrected chi connectivity index (χ0v) is 8.53. The lowest BCUT2D eigenvalue weighted by Gasteiger charge is -2.10. The second kappa shape index (κ2) is 6.12. The Balaban J connectivity index is 4.48. The maximum absolute atomic E-state index is 11.3. The zero-order valence-electron chi connectivity index (χ0n) is 8.53. The normalized spacial score (nSPS) is 11.6. The van der Waals surface area contributed by atoms with Crippen LogP contribution in [0.15, 0.2) is 0 Å². The van der Waals surface area contributed by atoms with Crippen LogP contribution in [0, 0.1) is 5.92 Å². The first-order valence-electron chi connectivity index (χ1n) is 4.24. The molecule has 0 aromatic heterocycles. The molecule has 0 saturated carbocycles. The van der Waals surface area contributed by atoms with Crippen molar-refractivity contribution in [1.82, 2.24) is 0 Å².